The lowest BCUT2D eigenvalue weighted by Gasteiger charge is -2.44. The Kier molecular flexibility index (Phi) is 3.42. The minimum absolute atomic E-state index is 0.0271. The van der Waals surface area contributed by atoms with Crippen LogP contribution in [0.5, 0.6) is 0 Å². The average molecular weight is 308 g/mol. The highest BCUT2D eigenvalue weighted by molar-refractivity contribution is 5.90. The molecule has 4 heteroatoms. The van der Waals surface area contributed by atoms with Crippen molar-refractivity contribution in [2.45, 2.75) is 42.7 Å². The van der Waals surface area contributed by atoms with Gasteiger partial charge in [-0.25, -0.2) is 0 Å². The van der Waals surface area contributed by atoms with E-state index in [1.165, 1.54) is 5.56 Å². The second-order valence-corrected chi connectivity index (χ2v) is 6.72. The lowest BCUT2D eigenvalue weighted by Crippen LogP contribution is -2.55. The molecule has 1 aromatic carbocycles. The highest BCUT2D eigenvalue weighted by Crippen LogP contribution is 2.46. The van der Waals surface area contributed by atoms with Gasteiger partial charge >= 0.3 is 0 Å². The molecule has 1 heterocycles. The number of aliphatic hydroxyl groups excluding tert-OH is 1. The van der Waals surface area contributed by atoms with E-state index < -0.39 is 11.5 Å². The van der Waals surface area contributed by atoms with Crippen LogP contribution >= 0.6 is 0 Å². The van der Waals surface area contributed by atoms with Crippen LogP contribution < -0.4 is 5.32 Å². The maximum absolute atomic E-state index is 12.9. The number of nitrogens with zero attached hydrogens (tertiary/aromatic N) is 1. The number of aliphatic hydroxyl groups is 1. The largest absolute Gasteiger partial charge is 0.393 e. The Bertz CT molecular complexity index is 696. The average Bonchev–Trinajstić information content (AvgIpc) is 3.32. The van der Waals surface area contributed by atoms with Crippen LogP contribution in [0.4, 0.5) is 0 Å². The molecule has 2 aromatic rings. The third kappa shape index (κ3) is 2.53. The SMILES string of the molecule is O=C(N[C@H]1CC1c1ccccc1)C1(c2cccnc2)CC(O)C1. The summed E-state index contributed by atoms with van der Waals surface area (Å²) in [6.45, 7) is 0. The standard InChI is InChI=1S/C19H20N2O2/c22-15-10-19(11-15,14-7-4-8-20-12-14)18(23)21-17-9-16(17)13-5-2-1-3-6-13/h1-8,12,15-17,22H,9-11H2,(H,21,23)/t15?,16?,17-,19?/m0/s1. The van der Waals surface area contributed by atoms with Gasteiger partial charge in [0, 0.05) is 24.4 Å². The Hall–Kier alpha value is -2.20. The second-order valence-electron chi connectivity index (χ2n) is 6.72. The number of hydrogen-bond acceptors (Lipinski definition) is 3. The summed E-state index contributed by atoms with van der Waals surface area (Å²) in [4.78, 5) is 17.0. The van der Waals surface area contributed by atoms with Crippen LogP contribution in [-0.2, 0) is 10.2 Å². The number of hydrogen-bond donors (Lipinski definition) is 2. The quantitative estimate of drug-likeness (QED) is 0.910. The second kappa shape index (κ2) is 5.46. The van der Waals surface area contributed by atoms with Crippen molar-refractivity contribution in [1.82, 2.24) is 10.3 Å². The molecule has 0 bridgehead atoms. The lowest BCUT2D eigenvalue weighted by molar-refractivity contribution is -0.135. The van der Waals surface area contributed by atoms with Gasteiger partial charge in [-0.3, -0.25) is 9.78 Å². The highest BCUT2D eigenvalue weighted by atomic mass is 16.3. The fraction of sp³-hybridized carbons (Fsp3) is 0.368. The highest BCUT2D eigenvalue weighted by Gasteiger charge is 2.53. The molecule has 0 radical (unpaired) electrons. The Morgan fingerprint density at radius 1 is 1.17 bits per heavy atom. The summed E-state index contributed by atoms with van der Waals surface area (Å²) in [6.07, 6.45) is 5.00. The van der Waals surface area contributed by atoms with E-state index in [9.17, 15) is 9.90 Å². The predicted octanol–water partition coefficient (Wildman–Crippen LogP) is 2.15. The number of rotatable bonds is 4. The molecule has 0 spiro atoms. The molecule has 1 unspecified atom stereocenters. The Labute approximate surface area is 135 Å². The van der Waals surface area contributed by atoms with Gasteiger partial charge in [-0.05, 0) is 36.5 Å². The van der Waals surface area contributed by atoms with Crippen molar-refractivity contribution in [2.75, 3.05) is 0 Å². The summed E-state index contributed by atoms with van der Waals surface area (Å²) < 4.78 is 0. The first kappa shape index (κ1) is 14.4. The zero-order valence-electron chi connectivity index (χ0n) is 12.9. The normalized spacial score (nSPS) is 32.0. The van der Waals surface area contributed by atoms with Gasteiger partial charge in [-0.15, -0.1) is 0 Å². The predicted molar refractivity (Wildman–Crippen MR) is 86.9 cm³/mol. The van der Waals surface area contributed by atoms with Gasteiger partial charge in [0.2, 0.25) is 5.91 Å². The Morgan fingerprint density at radius 2 is 1.96 bits per heavy atom. The first-order chi connectivity index (χ1) is 11.2. The topological polar surface area (TPSA) is 62.2 Å². The fourth-order valence-electron chi connectivity index (χ4n) is 3.67. The maximum atomic E-state index is 12.9. The van der Waals surface area contributed by atoms with E-state index in [2.05, 4.69) is 22.4 Å². The molecule has 4 nitrogen and oxygen atoms in total. The summed E-state index contributed by atoms with van der Waals surface area (Å²) in [7, 11) is 0. The van der Waals surface area contributed by atoms with E-state index in [0.717, 1.165) is 12.0 Å². The lowest BCUT2D eigenvalue weighted by atomic mass is 9.62. The number of nitrogens with one attached hydrogen (secondary N) is 1. The molecule has 2 saturated carbocycles. The Balaban J connectivity index is 1.48. The summed E-state index contributed by atoms with van der Waals surface area (Å²) in [5.74, 6) is 0.440. The van der Waals surface area contributed by atoms with Crippen molar-refractivity contribution >= 4 is 5.91 Å². The van der Waals surface area contributed by atoms with E-state index in [1.807, 2.05) is 30.3 Å². The molecule has 23 heavy (non-hydrogen) atoms. The van der Waals surface area contributed by atoms with Crippen molar-refractivity contribution < 1.29 is 9.90 Å². The van der Waals surface area contributed by atoms with Gasteiger partial charge in [0.25, 0.3) is 0 Å². The van der Waals surface area contributed by atoms with Gasteiger partial charge in [-0.1, -0.05) is 36.4 Å². The van der Waals surface area contributed by atoms with E-state index in [-0.39, 0.29) is 11.9 Å². The minimum Gasteiger partial charge on any atom is -0.393 e. The zero-order valence-corrected chi connectivity index (χ0v) is 12.9. The first-order valence-electron chi connectivity index (χ1n) is 8.13. The van der Waals surface area contributed by atoms with Gasteiger partial charge in [0.15, 0.2) is 0 Å². The van der Waals surface area contributed by atoms with Crippen molar-refractivity contribution in [3.8, 4) is 0 Å². The van der Waals surface area contributed by atoms with Crippen LogP contribution in [0.3, 0.4) is 0 Å². The summed E-state index contributed by atoms with van der Waals surface area (Å²) in [6, 6.07) is 14.3. The molecule has 0 aliphatic heterocycles. The number of carbonyl (C=O) groups excluding carboxylic acids is 1. The van der Waals surface area contributed by atoms with Gasteiger partial charge in [0.05, 0.1) is 11.5 Å². The van der Waals surface area contributed by atoms with Crippen LogP contribution in [0.1, 0.15) is 36.3 Å². The van der Waals surface area contributed by atoms with Crippen LogP contribution in [0.15, 0.2) is 54.9 Å². The van der Waals surface area contributed by atoms with Crippen molar-refractivity contribution in [3.05, 3.63) is 66.0 Å². The summed E-state index contributed by atoms with van der Waals surface area (Å²) >= 11 is 0. The third-order valence-corrected chi connectivity index (χ3v) is 5.15. The molecular weight excluding hydrogens is 288 g/mol. The molecule has 4 rings (SSSR count). The van der Waals surface area contributed by atoms with Crippen LogP contribution in [0.25, 0.3) is 0 Å². The van der Waals surface area contributed by atoms with Crippen molar-refractivity contribution in [2.24, 2.45) is 0 Å². The smallest absolute Gasteiger partial charge is 0.231 e. The van der Waals surface area contributed by atoms with Gasteiger partial charge in [0.1, 0.15) is 0 Å². The summed E-state index contributed by atoms with van der Waals surface area (Å²) in [5, 5.41) is 13.0. The molecule has 118 valence electrons. The Morgan fingerprint density at radius 3 is 2.61 bits per heavy atom. The van der Waals surface area contributed by atoms with E-state index in [1.54, 1.807) is 12.4 Å². The fourth-order valence-corrected chi connectivity index (χ4v) is 3.67. The molecule has 2 atom stereocenters. The molecular formula is C19H20N2O2. The number of pyridine rings is 1. The van der Waals surface area contributed by atoms with Gasteiger partial charge < -0.3 is 10.4 Å². The molecule has 2 N–H and O–H groups in total. The molecule has 1 aromatic heterocycles. The first-order valence-corrected chi connectivity index (χ1v) is 8.13. The van der Waals surface area contributed by atoms with Crippen LogP contribution in [0, 0.1) is 0 Å². The van der Waals surface area contributed by atoms with Crippen molar-refractivity contribution in [1.29, 1.82) is 0 Å². The van der Waals surface area contributed by atoms with Crippen LogP contribution in [0.2, 0.25) is 0 Å². The third-order valence-electron chi connectivity index (χ3n) is 5.15. The molecule has 0 saturated heterocycles. The zero-order chi connectivity index (χ0) is 15.9. The monoisotopic (exact) mass is 308 g/mol. The molecule has 2 aliphatic rings. The molecule has 2 fully saturated rings. The van der Waals surface area contributed by atoms with Crippen LogP contribution in [-0.4, -0.2) is 28.1 Å². The number of benzene rings is 1. The molecule has 1 amide bonds. The van der Waals surface area contributed by atoms with Crippen molar-refractivity contribution in [3.63, 3.8) is 0 Å². The number of aromatic nitrogens is 1. The number of amides is 1. The van der Waals surface area contributed by atoms with E-state index >= 15 is 0 Å². The number of carbonyl (C=O) groups is 1. The van der Waals surface area contributed by atoms with E-state index in [0.29, 0.717) is 18.8 Å². The maximum Gasteiger partial charge on any atom is 0.231 e. The van der Waals surface area contributed by atoms with E-state index in [4.69, 9.17) is 0 Å². The van der Waals surface area contributed by atoms with Gasteiger partial charge in [-0.2, -0.15) is 0 Å². The summed E-state index contributed by atoms with van der Waals surface area (Å²) in [5.41, 5.74) is 1.57. The molecule has 2 aliphatic carbocycles. The minimum atomic E-state index is -0.614.